The maximum absolute atomic E-state index is 11.2. The van der Waals surface area contributed by atoms with Gasteiger partial charge in [0.05, 0.1) is 5.69 Å². The predicted octanol–water partition coefficient (Wildman–Crippen LogP) is 1.02. The molecule has 0 spiro atoms. The van der Waals surface area contributed by atoms with Crippen LogP contribution in [0.5, 0.6) is 0 Å². The van der Waals surface area contributed by atoms with Gasteiger partial charge in [-0.2, -0.15) is 0 Å². The maximum Gasteiger partial charge on any atom is 0.248 e. The average Bonchev–Trinajstić information content (AvgIpc) is 2.93. The number of hydrogen-bond acceptors (Lipinski definition) is 4. The maximum atomic E-state index is 11.2. The third kappa shape index (κ3) is 1.91. The Hall–Kier alpha value is -2.76. The van der Waals surface area contributed by atoms with Gasteiger partial charge in [0.1, 0.15) is 0 Å². The zero-order chi connectivity index (χ0) is 12.4. The first kappa shape index (κ1) is 10.4. The largest absolute Gasteiger partial charge is 0.329 e. The molecule has 0 fully saturated rings. The van der Waals surface area contributed by atoms with Crippen molar-refractivity contribution in [3.63, 3.8) is 0 Å². The quantitative estimate of drug-likeness (QED) is 0.724. The molecule has 0 bridgehead atoms. The summed E-state index contributed by atoms with van der Waals surface area (Å²) < 4.78 is 0. The van der Waals surface area contributed by atoms with Gasteiger partial charge in [-0.1, -0.05) is 12.1 Å². The number of hydrogen-bond donors (Lipinski definition) is 1. The minimum atomic E-state index is -0.116. The number of rotatable bonds is 2. The van der Waals surface area contributed by atoms with Crippen LogP contribution in [0.15, 0.2) is 53.7 Å². The summed E-state index contributed by atoms with van der Waals surface area (Å²) in [6.45, 7) is 0. The summed E-state index contributed by atoms with van der Waals surface area (Å²) in [4.78, 5) is 15.2. The van der Waals surface area contributed by atoms with Crippen LogP contribution in [0, 0.1) is 0 Å². The molecule has 2 heterocycles. The van der Waals surface area contributed by atoms with Crippen molar-refractivity contribution in [2.75, 3.05) is 0 Å². The Morgan fingerprint density at radius 1 is 1.06 bits per heavy atom. The number of pyridine rings is 1. The highest BCUT2D eigenvalue weighted by Gasteiger charge is 2.01. The molecule has 1 aromatic carbocycles. The fourth-order valence-electron chi connectivity index (χ4n) is 1.70. The molecule has 0 saturated heterocycles. The van der Waals surface area contributed by atoms with Crippen molar-refractivity contribution >= 4 is 0 Å². The van der Waals surface area contributed by atoms with Crippen LogP contribution in [0.25, 0.3) is 16.8 Å². The number of aromatic nitrogens is 5. The van der Waals surface area contributed by atoms with E-state index in [4.69, 9.17) is 0 Å². The monoisotopic (exact) mass is 239 g/mol. The summed E-state index contributed by atoms with van der Waals surface area (Å²) in [5.41, 5.74) is 2.54. The van der Waals surface area contributed by atoms with Gasteiger partial charge >= 0.3 is 0 Å². The van der Waals surface area contributed by atoms with Crippen molar-refractivity contribution in [3.05, 3.63) is 59.3 Å². The molecule has 6 heteroatoms. The van der Waals surface area contributed by atoms with E-state index in [1.807, 2.05) is 30.3 Å². The zero-order valence-corrected chi connectivity index (χ0v) is 9.32. The van der Waals surface area contributed by atoms with E-state index in [2.05, 4.69) is 20.4 Å². The molecule has 0 aliphatic carbocycles. The average molecular weight is 239 g/mol. The molecule has 1 N–H and O–H groups in total. The van der Waals surface area contributed by atoms with E-state index in [-0.39, 0.29) is 5.56 Å². The molecule has 2 aromatic heterocycles. The molecule has 0 aliphatic heterocycles. The van der Waals surface area contributed by atoms with E-state index in [1.54, 1.807) is 12.3 Å². The smallest absolute Gasteiger partial charge is 0.248 e. The molecular formula is C12H9N5O. The molecule has 88 valence electrons. The Labute approximate surface area is 102 Å². The molecule has 0 amide bonds. The van der Waals surface area contributed by atoms with Crippen molar-refractivity contribution in [2.24, 2.45) is 0 Å². The van der Waals surface area contributed by atoms with Crippen LogP contribution in [0.2, 0.25) is 0 Å². The SMILES string of the molecule is O=c1cc(-c2ccc(-n3ncnn3)cc2)cc[nH]1. The van der Waals surface area contributed by atoms with Gasteiger partial charge in [-0.25, -0.2) is 0 Å². The third-order valence-corrected chi connectivity index (χ3v) is 2.56. The summed E-state index contributed by atoms with van der Waals surface area (Å²) in [6, 6.07) is 11.0. The summed E-state index contributed by atoms with van der Waals surface area (Å²) in [6.07, 6.45) is 3.01. The highest BCUT2D eigenvalue weighted by Crippen LogP contribution is 2.18. The zero-order valence-electron chi connectivity index (χ0n) is 9.32. The Kier molecular flexibility index (Phi) is 2.45. The highest BCUT2D eigenvalue weighted by molar-refractivity contribution is 5.63. The van der Waals surface area contributed by atoms with Crippen LogP contribution in [0.3, 0.4) is 0 Å². The minimum absolute atomic E-state index is 0.116. The summed E-state index contributed by atoms with van der Waals surface area (Å²) in [5, 5.41) is 11.4. The molecule has 0 saturated carbocycles. The molecule has 0 atom stereocenters. The van der Waals surface area contributed by atoms with Gasteiger partial charge in [0, 0.05) is 12.3 Å². The minimum Gasteiger partial charge on any atom is -0.329 e. The lowest BCUT2D eigenvalue weighted by atomic mass is 10.1. The highest BCUT2D eigenvalue weighted by atomic mass is 16.1. The van der Waals surface area contributed by atoms with Crippen molar-refractivity contribution < 1.29 is 0 Å². The number of aromatic amines is 1. The topological polar surface area (TPSA) is 76.5 Å². The second-order valence-electron chi connectivity index (χ2n) is 3.71. The molecular weight excluding hydrogens is 230 g/mol. The van der Waals surface area contributed by atoms with Gasteiger partial charge < -0.3 is 4.98 Å². The van der Waals surface area contributed by atoms with Crippen LogP contribution in [-0.4, -0.2) is 25.2 Å². The molecule has 3 aromatic rings. The fourth-order valence-corrected chi connectivity index (χ4v) is 1.70. The van der Waals surface area contributed by atoms with Crippen LogP contribution in [0.4, 0.5) is 0 Å². The molecule has 0 unspecified atom stereocenters. The van der Waals surface area contributed by atoms with Gasteiger partial charge in [-0.05, 0) is 34.5 Å². The van der Waals surface area contributed by atoms with Gasteiger partial charge in [-0.15, -0.1) is 15.0 Å². The van der Waals surface area contributed by atoms with E-state index < -0.39 is 0 Å². The number of H-pyrrole nitrogens is 1. The van der Waals surface area contributed by atoms with Gasteiger partial charge in [-0.3, -0.25) is 4.79 Å². The summed E-state index contributed by atoms with van der Waals surface area (Å²) in [7, 11) is 0. The molecule has 0 radical (unpaired) electrons. The molecule has 3 rings (SSSR count). The third-order valence-electron chi connectivity index (χ3n) is 2.56. The Morgan fingerprint density at radius 2 is 1.89 bits per heavy atom. The number of nitrogens with zero attached hydrogens (tertiary/aromatic N) is 4. The van der Waals surface area contributed by atoms with Crippen LogP contribution < -0.4 is 5.56 Å². The summed E-state index contributed by atoms with van der Waals surface area (Å²) >= 11 is 0. The van der Waals surface area contributed by atoms with Crippen molar-refractivity contribution in [1.82, 2.24) is 25.2 Å². The van der Waals surface area contributed by atoms with E-state index in [0.717, 1.165) is 16.8 Å². The molecule has 18 heavy (non-hydrogen) atoms. The van der Waals surface area contributed by atoms with E-state index in [0.29, 0.717) is 0 Å². The number of benzene rings is 1. The second-order valence-corrected chi connectivity index (χ2v) is 3.71. The van der Waals surface area contributed by atoms with Crippen LogP contribution in [-0.2, 0) is 0 Å². The van der Waals surface area contributed by atoms with E-state index >= 15 is 0 Å². The normalized spacial score (nSPS) is 10.4. The first-order valence-corrected chi connectivity index (χ1v) is 5.35. The van der Waals surface area contributed by atoms with Crippen molar-refractivity contribution in [1.29, 1.82) is 0 Å². The predicted molar refractivity (Wildman–Crippen MR) is 65.2 cm³/mol. The summed E-state index contributed by atoms with van der Waals surface area (Å²) in [5.74, 6) is 0. The van der Waals surface area contributed by atoms with E-state index in [9.17, 15) is 4.79 Å². The number of nitrogens with one attached hydrogen (secondary N) is 1. The first-order valence-electron chi connectivity index (χ1n) is 5.35. The Morgan fingerprint density at radius 3 is 2.56 bits per heavy atom. The van der Waals surface area contributed by atoms with Gasteiger partial charge in [0.2, 0.25) is 5.56 Å². The number of tetrazole rings is 1. The molecule has 6 nitrogen and oxygen atoms in total. The van der Waals surface area contributed by atoms with Crippen molar-refractivity contribution in [3.8, 4) is 16.8 Å². The van der Waals surface area contributed by atoms with Gasteiger partial charge in [0.15, 0.2) is 6.33 Å². The van der Waals surface area contributed by atoms with Gasteiger partial charge in [0.25, 0.3) is 0 Å². The fraction of sp³-hybridized carbons (Fsp3) is 0. The lowest BCUT2D eigenvalue weighted by molar-refractivity contribution is 0.720. The van der Waals surface area contributed by atoms with Crippen molar-refractivity contribution in [2.45, 2.75) is 0 Å². The Bertz CT molecular complexity index is 700. The van der Waals surface area contributed by atoms with Crippen LogP contribution in [0.1, 0.15) is 0 Å². The standard InChI is InChI=1S/C12H9N5O/c18-12-7-10(5-6-13-12)9-1-3-11(4-2-9)17-15-8-14-16-17/h1-8H,(H,13,18). The second kappa shape index (κ2) is 4.25. The molecule has 0 aliphatic rings. The lowest BCUT2D eigenvalue weighted by Gasteiger charge is -2.02. The van der Waals surface area contributed by atoms with Crippen LogP contribution >= 0.6 is 0 Å². The Balaban J connectivity index is 1.99. The first-order chi connectivity index (χ1) is 8.83. The lowest BCUT2D eigenvalue weighted by Crippen LogP contribution is -2.02. The van der Waals surface area contributed by atoms with E-state index in [1.165, 1.54) is 11.1 Å².